The molecule has 0 saturated carbocycles. The molecule has 0 bridgehead atoms. The monoisotopic (exact) mass is 297 g/mol. The van der Waals surface area contributed by atoms with E-state index in [-0.39, 0.29) is 12.5 Å². The molecule has 1 aromatic carbocycles. The summed E-state index contributed by atoms with van der Waals surface area (Å²) in [6.45, 7) is 1.29. The average molecular weight is 297 g/mol. The molecule has 0 amide bonds. The Morgan fingerprint density at radius 2 is 1.75 bits per heavy atom. The molecule has 0 fully saturated rings. The molecular formula is C13H16F5NO. The van der Waals surface area contributed by atoms with Crippen LogP contribution in [0, 0.1) is 11.6 Å². The quantitative estimate of drug-likeness (QED) is 0.643. The molecule has 0 aliphatic carbocycles. The first-order chi connectivity index (χ1) is 9.19. The molecule has 2 nitrogen and oxygen atoms in total. The van der Waals surface area contributed by atoms with Crippen molar-refractivity contribution in [3.8, 4) is 5.75 Å². The summed E-state index contributed by atoms with van der Waals surface area (Å²) in [4.78, 5) is 0. The number of hydrogen-bond donors (Lipinski definition) is 1. The molecular weight excluding hydrogens is 281 g/mol. The highest BCUT2D eigenvalue weighted by Crippen LogP contribution is 2.25. The van der Waals surface area contributed by atoms with Crippen molar-refractivity contribution in [2.45, 2.75) is 38.4 Å². The van der Waals surface area contributed by atoms with Gasteiger partial charge in [-0.3, -0.25) is 0 Å². The normalized spacial score (nSPS) is 13.3. The van der Waals surface area contributed by atoms with Crippen molar-refractivity contribution in [1.29, 1.82) is 0 Å². The number of hydrogen-bond acceptors (Lipinski definition) is 2. The van der Waals surface area contributed by atoms with E-state index in [0.717, 1.165) is 12.1 Å². The minimum Gasteiger partial charge on any atom is -0.488 e. The van der Waals surface area contributed by atoms with E-state index in [1.807, 2.05) is 0 Å². The van der Waals surface area contributed by atoms with Crippen molar-refractivity contribution in [2.24, 2.45) is 5.73 Å². The van der Waals surface area contributed by atoms with Crippen LogP contribution in [0.1, 0.15) is 25.3 Å². The molecule has 0 aliphatic heterocycles. The van der Waals surface area contributed by atoms with Crippen LogP contribution in [0.5, 0.6) is 5.75 Å². The lowest BCUT2D eigenvalue weighted by atomic mass is 10.1. The Labute approximate surface area is 113 Å². The number of halogens is 5. The summed E-state index contributed by atoms with van der Waals surface area (Å²) >= 11 is 0. The minimum absolute atomic E-state index is 0.257. The lowest BCUT2D eigenvalue weighted by Crippen LogP contribution is -2.18. The molecule has 0 aliphatic rings. The van der Waals surface area contributed by atoms with Crippen LogP contribution in [0.3, 0.4) is 0 Å². The third-order valence-electron chi connectivity index (χ3n) is 2.47. The SMILES string of the molecule is CC(N)Cc1cc(F)c(OCCCC(F)(F)F)c(F)c1. The Hall–Kier alpha value is -1.37. The fourth-order valence-electron chi connectivity index (χ4n) is 1.69. The van der Waals surface area contributed by atoms with Crippen molar-refractivity contribution >= 4 is 0 Å². The smallest absolute Gasteiger partial charge is 0.389 e. The van der Waals surface area contributed by atoms with Gasteiger partial charge in [0.05, 0.1) is 6.61 Å². The van der Waals surface area contributed by atoms with Gasteiger partial charge in [-0.05, 0) is 37.5 Å². The first kappa shape index (κ1) is 16.7. The summed E-state index contributed by atoms with van der Waals surface area (Å²) in [5.74, 6) is -2.53. The Kier molecular flexibility index (Phi) is 5.74. The summed E-state index contributed by atoms with van der Waals surface area (Å²) in [6.07, 6.45) is -5.42. The van der Waals surface area contributed by atoms with Crippen LogP contribution < -0.4 is 10.5 Å². The van der Waals surface area contributed by atoms with Gasteiger partial charge in [0.15, 0.2) is 17.4 Å². The van der Waals surface area contributed by atoms with E-state index in [2.05, 4.69) is 0 Å². The Morgan fingerprint density at radius 3 is 2.20 bits per heavy atom. The second-order valence-electron chi connectivity index (χ2n) is 4.64. The van der Waals surface area contributed by atoms with Crippen LogP contribution in [0.15, 0.2) is 12.1 Å². The maximum atomic E-state index is 13.6. The molecule has 7 heteroatoms. The van der Waals surface area contributed by atoms with E-state index in [1.54, 1.807) is 6.92 Å². The van der Waals surface area contributed by atoms with Crippen LogP contribution in [-0.4, -0.2) is 18.8 Å². The van der Waals surface area contributed by atoms with Crippen molar-refractivity contribution in [1.82, 2.24) is 0 Å². The summed E-state index contributed by atoms with van der Waals surface area (Å²) < 4.78 is 67.6. The molecule has 114 valence electrons. The maximum Gasteiger partial charge on any atom is 0.389 e. The van der Waals surface area contributed by atoms with Gasteiger partial charge in [0.2, 0.25) is 0 Å². The molecule has 0 saturated heterocycles. The molecule has 1 aromatic rings. The van der Waals surface area contributed by atoms with Crippen molar-refractivity contribution in [3.05, 3.63) is 29.3 Å². The number of rotatable bonds is 6. The van der Waals surface area contributed by atoms with Crippen LogP contribution in [0.4, 0.5) is 22.0 Å². The lowest BCUT2D eigenvalue weighted by molar-refractivity contribution is -0.136. The molecule has 1 unspecified atom stereocenters. The van der Waals surface area contributed by atoms with E-state index in [4.69, 9.17) is 10.5 Å². The zero-order chi connectivity index (χ0) is 15.3. The second kappa shape index (κ2) is 6.88. The van der Waals surface area contributed by atoms with E-state index < -0.39 is 36.6 Å². The van der Waals surface area contributed by atoms with Gasteiger partial charge in [-0.15, -0.1) is 0 Å². The fourth-order valence-corrected chi connectivity index (χ4v) is 1.69. The van der Waals surface area contributed by atoms with Crippen molar-refractivity contribution < 1.29 is 26.7 Å². The first-order valence-electron chi connectivity index (χ1n) is 6.12. The lowest BCUT2D eigenvalue weighted by Gasteiger charge is -2.12. The topological polar surface area (TPSA) is 35.2 Å². The molecule has 1 rings (SSSR count). The number of benzene rings is 1. The van der Waals surface area contributed by atoms with Gasteiger partial charge in [0, 0.05) is 12.5 Å². The van der Waals surface area contributed by atoms with Crippen molar-refractivity contribution in [2.75, 3.05) is 6.61 Å². The number of alkyl halides is 3. The fraction of sp³-hybridized carbons (Fsp3) is 0.538. The number of ether oxygens (including phenoxy) is 1. The highest BCUT2D eigenvalue weighted by atomic mass is 19.4. The van der Waals surface area contributed by atoms with Crippen LogP contribution >= 0.6 is 0 Å². The molecule has 20 heavy (non-hydrogen) atoms. The highest BCUT2D eigenvalue weighted by molar-refractivity contribution is 5.31. The van der Waals surface area contributed by atoms with Crippen LogP contribution in [0.25, 0.3) is 0 Å². The van der Waals surface area contributed by atoms with Crippen LogP contribution in [0.2, 0.25) is 0 Å². The zero-order valence-corrected chi connectivity index (χ0v) is 10.9. The molecule has 1 atom stereocenters. The standard InChI is InChI=1S/C13H16F5NO/c1-8(19)5-9-6-10(14)12(11(15)7-9)20-4-2-3-13(16,17)18/h6-8H,2-5,19H2,1H3. The molecule has 2 N–H and O–H groups in total. The Balaban J connectivity index is 2.62. The first-order valence-corrected chi connectivity index (χ1v) is 6.12. The summed E-state index contributed by atoms with van der Waals surface area (Å²) in [7, 11) is 0. The predicted octanol–water partition coefficient (Wildman–Crippen LogP) is 3.58. The Morgan fingerprint density at radius 1 is 1.20 bits per heavy atom. The molecule has 0 aromatic heterocycles. The minimum atomic E-state index is -4.30. The Bertz CT molecular complexity index is 422. The maximum absolute atomic E-state index is 13.6. The van der Waals surface area contributed by atoms with Gasteiger partial charge in [-0.2, -0.15) is 13.2 Å². The van der Waals surface area contributed by atoms with Gasteiger partial charge in [0.25, 0.3) is 0 Å². The largest absolute Gasteiger partial charge is 0.488 e. The number of nitrogens with two attached hydrogens (primary N) is 1. The van der Waals surface area contributed by atoms with E-state index in [0.29, 0.717) is 12.0 Å². The summed E-state index contributed by atoms with van der Waals surface area (Å²) in [5.41, 5.74) is 5.89. The summed E-state index contributed by atoms with van der Waals surface area (Å²) in [6, 6.07) is 1.89. The predicted molar refractivity (Wildman–Crippen MR) is 64.5 cm³/mol. The van der Waals surface area contributed by atoms with E-state index in [1.165, 1.54) is 0 Å². The van der Waals surface area contributed by atoms with Crippen molar-refractivity contribution in [3.63, 3.8) is 0 Å². The zero-order valence-electron chi connectivity index (χ0n) is 10.9. The average Bonchev–Trinajstić information content (AvgIpc) is 2.24. The molecule has 0 radical (unpaired) electrons. The summed E-state index contributed by atoms with van der Waals surface area (Å²) in [5, 5.41) is 0. The van der Waals surface area contributed by atoms with E-state index >= 15 is 0 Å². The van der Waals surface area contributed by atoms with Gasteiger partial charge in [-0.25, -0.2) is 8.78 Å². The van der Waals surface area contributed by atoms with Gasteiger partial charge >= 0.3 is 6.18 Å². The third kappa shape index (κ3) is 5.73. The molecule has 0 heterocycles. The molecule has 0 spiro atoms. The van der Waals surface area contributed by atoms with Gasteiger partial charge < -0.3 is 10.5 Å². The second-order valence-corrected chi connectivity index (χ2v) is 4.64. The van der Waals surface area contributed by atoms with E-state index in [9.17, 15) is 22.0 Å². The van der Waals surface area contributed by atoms with Gasteiger partial charge in [0.1, 0.15) is 0 Å². The third-order valence-corrected chi connectivity index (χ3v) is 2.47. The van der Waals surface area contributed by atoms with Crippen LogP contribution in [-0.2, 0) is 6.42 Å². The highest BCUT2D eigenvalue weighted by Gasteiger charge is 2.26. The van der Waals surface area contributed by atoms with Gasteiger partial charge in [-0.1, -0.05) is 0 Å².